The van der Waals surface area contributed by atoms with Gasteiger partial charge in [0.25, 0.3) is 0 Å². The molecule has 0 heterocycles. The number of nitrogens with zero attached hydrogens (tertiary/aromatic N) is 1. The van der Waals surface area contributed by atoms with Crippen LogP contribution in [0.5, 0.6) is 5.75 Å². The monoisotopic (exact) mass is 340 g/mol. The number of benzene rings is 2. The van der Waals surface area contributed by atoms with Gasteiger partial charge in [-0.1, -0.05) is 63.2 Å². The maximum atomic E-state index is 12.1. The molecule has 0 saturated carbocycles. The lowest BCUT2D eigenvalue weighted by molar-refractivity contribution is 0.203. The van der Waals surface area contributed by atoms with Crippen LogP contribution in [0.4, 0.5) is 4.79 Å². The number of hydrogen-bond acceptors (Lipinski definition) is 2. The Morgan fingerprint density at radius 3 is 2.28 bits per heavy atom. The van der Waals surface area contributed by atoms with Crippen molar-refractivity contribution in [2.45, 2.75) is 32.7 Å². The molecule has 0 spiro atoms. The molecule has 0 bridgehead atoms. The molecule has 2 aromatic rings. The summed E-state index contributed by atoms with van der Waals surface area (Å²) in [7, 11) is 1.79. The minimum Gasteiger partial charge on any atom is -0.492 e. The van der Waals surface area contributed by atoms with Gasteiger partial charge in [-0.3, -0.25) is 0 Å². The molecule has 1 N–H and O–H groups in total. The van der Waals surface area contributed by atoms with Crippen LogP contribution in [0, 0.1) is 0 Å². The first-order valence-electron chi connectivity index (χ1n) is 8.62. The zero-order valence-electron chi connectivity index (χ0n) is 15.6. The third-order valence-electron chi connectivity index (χ3n) is 3.98. The van der Waals surface area contributed by atoms with Crippen molar-refractivity contribution in [1.82, 2.24) is 10.2 Å². The number of rotatable bonds is 6. The lowest BCUT2D eigenvalue weighted by Crippen LogP contribution is -2.38. The van der Waals surface area contributed by atoms with Crippen LogP contribution in [-0.4, -0.2) is 31.1 Å². The Balaban J connectivity index is 1.70. The largest absolute Gasteiger partial charge is 0.492 e. The molecular weight excluding hydrogens is 312 g/mol. The minimum absolute atomic E-state index is 0.101. The van der Waals surface area contributed by atoms with E-state index in [4.69, 9.17) is 4.74 Å². The van der Waals surface area contributed by atoms with Crippen LogP contribution in [0.15, 0.2) is 54.6 Å². The van der Waals surface area contributed by atoms with Crippen molar-refractivity contribution in [3.63, 3.8) is 0 Å². The van der Waals surface area contributed by atoms with Crippen LogP contribution in [0.1, 0.15) is 31.9 Å². The average molecular weight is 340 g/mol. The van der Waals surface area contributed by atoms with Crippen molar-refractivity contribution in [2.24, 2.45) is 0 Å². The van der Waals surface area contributed by atoms with E-state index in [1.54, 1.807) is 11.9 Å². The van der Waals surface area contributed by atoms with E-state index in [1.807, 2.05) is 42.5 Å². The van der Waals surface area contributed by atoms with Gasteiger partial charge < -0.3 is 15.0 Å². The standard InChI is InChI=1S/C21H28N2O2/c1-21(2,3)18-10-12-19(13-11-18)25-15-14-22-20(24)23(4)16-17-8-6-5-7-9-17/h5-13H,14-16H2,1-4H3,(H,22,24). The number of carbonyl (C=O) groups is 1. The molecule has 4 nitrogen and oxygen atoms in total. The lowest BCUT2D eigenvalue weighted by atomic mass is 9.87. The molecule has 4 heteroatoms. The molecule has 0 unspecified atom stereocenters. The zero-order valence-corrected chi connectivity index (χ0v) is 15.6. The number of amides is 2. The summed E-state index contributed by atoms with van der Waals surface area (Å²) < 4.78 is 5.69. The van der Waals surface area contributed by atoms with E-state index < -0.39 is 0 Å². The number of urea groups is 1. The van der Waals surface area contributed by atoms with Crippen molar-refractivity contribution in [3.05, 3.63) is 65.7 Å². The Kier molecular flexibility index (Phi) is 6.45. The third-order valence-corrected chi connectivity index (χ3v) is 3.98. The van der Waals surface area contributed by atoms with Gasteiger partial charge in [0.2, 0.25) is 0 Å². The zero-order chi connectivity index (χ0) is 18.3. The first kappa shape index (κ1) is 18.8. The summed E-state index contributed by atoms with van der Waals surface area (Å²) in [5.74, 6) is 0.819. The fourth-order valence-corrected chi connectivity index (χ4v) is 2.44. The molecule has 0 saturated heterocycles. The van der Waals surface area contributed by atoms with Gasteiger partial charge in [0.1, 0.15) is 12.4 Å². The Hall–Kier alpha value is -2.49. The molecular formula is C21H28N2O2. The summed E-state index contributed by atoms with van der Waals surface area (Å²) in [6, 6.07) is 17.9. The Labute approximate surface area is 150 Å². The molecule has 134 valence electrons. The maximum Gasteiger partial charge on any atom is 0.317 e. The second-order valence-electron chi connectivity index (χ2n) is 7.20. The van der Waals surface area contributed by atoms with Crippen LogP contribution < -0.4 is 10.1 Å². The van der Waals surface area contributed by atoms with E-state index in [1.165, 1.54) is 5.56 Å². The number of carbonyl (C=O) groups excluding carboxylic acids is 1. The Morgan fingerprint density at radius 2 is 1.68 bits per heavy atom. The van der Waals surface area contributed by atoms with E-state index in [0.717, 1.165) is 11.3 Å². The predicted molar refractivity (Wildman–Crippen MR) is 102 cm³/mol. The third kappa shape index (κ3) is 6.14. The normalized spacial score (nSPS) is 11.0. The molecule has 0 aliphatic heterocycles. The summed E-state index contributed by atoms with van der Waals surface area (Å²) in [5.41, 5.74) is 2.52. The number of ether oxygens (including phenoxy) is 1. The maximum absolute atomic E-state index is 12.1. The van der Waals surface area contributed by atoms with Crippen molar-refractivity contribution in [2.75, 3.05) is 20.2 Å². The van der Waals surface area contributed by atoms with E-state index in [2.05, 4.69) is 38.2 Å². The van der Waals surface area contributed by atoms with Crippen LogP contribution >= 0.6 is 0 Å². The summed E-state index contributed by atoms with van der Waals surface area (Å²) in [5, 5.41) is 2.87. The fourth-order valence-electron chi connectivity index (χ4n) is 2.44. The highest BCUT2D eigenvalue weighted by atomic mass is 16.5. The SMILES string of the molecule is CN(Cc1ccccc1)C(=O)NCCOc1ccc(C(C)(C)C)cc1. The minimum atomic E-state index is -0.101. The molecule has 25 heavy (non-hydrogen) atoms. The molecule has 0 aliphatic rings. The van der Waals surface area contributed by atoms with E-state index in [9.17, 15) is 4.79 Å². The Morgan fingerprint density at radius 1 is 1.04 bits per heavy atom. The van der Waals surface area contributed by atoms with E-state index >= 15 is 0 Å². The van der Waals surface area contributed by atoms with Gasteiger partial charge >= 0.3 is 6.03 Å². The van der Waals surface area contributed by atoms with Gasteiger partial charge in [0, 0.05) is 13.6 Å². The first-order chi connectivity index (χ1) is 11.9. The Bertz CT molecular complexity index is 661. The fraction of sp³-hybridized carbons (Fsp3) is 0.381. The highest BCUT2D eigenvalue weighted by molar-refractivity contribution is 5.73. The van der Waals surface area contributed by atoms with Gasteiger partial charge in [0.15, 0.2) is 0 Å². The summed E-state index contributed by atoms with van der Waals surface area (Å²) in [4.78, 5) is 13.7. The van der Waals surface area contributed by atoms with Crippen LogP contribution in [0.25, 0.3) is 0 Å². The topological polar surface area (TPSA) is 41.6 Å². The molecule has 0 radical (unpaired) electrons. The molecule has 2 amide bonds. The van der Waals surface area contributed by atoms with E-state index in [-0.39, 0.29) is 11.4 Å². The average Bonchev–Trinajstić information content (AvgIpc) is 2.59. The lowest BCUT2D eigenvalue weighted by Gasteiger charge is -2.19. The second kappa shape index (κ2) is 8.56. The molecule has 2 aromatic carbocycles. The van der Waals surface area contributed by atoms with Gasteiger partial charge in [-0.2, -0.15) is 0 Å². The summed E-state index contributed by atoms with van der Waals surface area (Å²) in [6.07, 6.45) is 0. The van der Waals surface area contributed by atoms with Crippen LogP contribution in [0.3, 0.4) is 0 Å². The van der Waals surface area contributed by atoms with Gasteiger partial charge in [-0.05, 0) is 28.7 Å². The van der Waals surface area contributed by atoms with Crippen molar-refractivity contribution in [3.8, 4) is 5.75 Å². The highest BCUT2D eigenvalue weighted by Crippen LogP contribution is 2.24. The van der Waals surface area contributed by atoms with Crippen LogP contribution in [-0.2, 0) is 12.0 Å². The summed E-state index contributed by atoms with van der Waals surface area (Å²) >= 11 is 0. The smallest absolute Gasteiger partial charge is 0.317 e. The predicted octanol–water partition coefficient (Wildman–Crippen LogP) is 4.20. The van der Waals surface area contributed by atoms with Crippen molar-refractivity contribution >= 4 is 6.03 Å². The molecule has 0 fully saturated rings. The summed E-state index contributed by atoms with van der Waals surface area (Å²) in [6.45, 7) is 8.06. The van der Waals surface area contributed by atoms with Crippen LogP contribution in [0.2, 0.25) is 0 Å². The molecule has 0 aliphatic carbocycles. The first-order valence-corrected chi connectivity index (χ1v) is 8.62. The quantitative estimate of drug-likeness (QED) is 0.801. The second-order valence-corrected chi connectivity index (χ2v) is 7.20. The van der Waals surface area contributed by atoms with Gasteiger partial charge in [0.05, 0.1) is 6.54 Å². The number of nitrogens with one attached hydrogen (secondary N) is 1. The van der Waals surface area contributed by atoms with Crippen molar-refractivity contribution in [1.29, 1.82) is 0 Å². The highest BCUT2D eigenvalue weighted by Gasteiger charge is 2.13. The molecule has 0 aromatic heterocycles. The number of hydrogen-bond donors (Lipinski definition) is 1. The molecule has 0 atom stereocenters. The molecule has 2 rings (SSSR count). The van der Waals surface area contributed by atoms with Gasteiger partial charge in [-0.15, -0.1) is 0 Å². The van der Waals surface area contributed by atoms with E-state index in [0.29, 0.717) is 19.7 Å². The van der Waals surface area contributed by atoms with Crippen molar-refractivity contribution < 1.29 is 9.53 Å². The van der Waals surface area contributed by atoms with Gasteiger partial charge in [-0.25, -0.2) is 4.79 Å².